The summed E-state index contributed by atoms with van der Waals surface area (Å²) in [6, 6.07) is 14.0. The van der Waals surface area contributed by atoms with Gasteiger partial charge in [-0.05, 0) is 49.2 Å². The molecule has 2 aromatic rings. The van der Waals surface area contributed by atoms with Crippen LogP contribution >= 0.6 is 11.6 Å². The summed E-state index contributed by atoms with van der Waals surface area (Å²) < 4.78 is 5.86. The van der Waals surface area contributed by atoms with Crippen molar-refractivity contribution < 1.29 is 4.74 Å². The molecule has 2 nitrogen and oxygen atoms in total. The number of halogens is 1. The van der Waals surface area contributed by atoms with Gasteiger partial charge in [-0.1, -0.05) is 41.4 Å². The summed E-state index contributed by atoms with van der Waals surface area (Å²) in [5.74, 6) is 0.857. The number of hydrogen-bond donors (Lipinski definition) is 1. The molecule has 0 fully saturated rings. The predicted molar refractivity (Wildman–Crippen MR) is 79.7 cm³/mol. The van der Waals surface area contributed by atoms with Crippen molar-refractivity contribution in [2.75, 3.05) is 6.54 Å². The van der Waals surface area contributed by atoms with E-state index in [4.69, 9.17) is 22.1 Å². The molecule has 0 saturated heterocycles. The van der Waals surface area contributed by atoms with Gasteiger partial charge in [-0.25, -0.2) is 0 Å². The molecular weight excluding hydrogens is 258 g/mol. The average Bonchev–Trinajstić information content (AvgIpc) is 2.40. The van der Waals surface area contributed by atoms with Gasteiger partial charge in [0.1, 0.15) is 12.4 Å². The van der Waals surface area contributed by atoms with Crippen LogP contribution in [0.25, 0.3) is 0 Å². The lowest BCUT2D eigenvalue weighted by molar-refractivity contribution is 0.303. The number of hydrogen-bond acceptors (Lipinski definition) is 2. The van der Waals surface area contributed by atoms with E-state index in [1.54, 1.807) is 0 Å². The number of benzene rings is 2. The van der Waals surface area contributed by atoms with E-state index in [-0.39, 0.29) is 0 Å². The second-order valence-corrected chi connectivity index (χ2v) is 5.00. The van der Waals surface area contributed by atoms with Gasteiger partial charge in [0.15, 0.2) is 0 Å². The maximum atomic E-state index is 5.99. The van der Waals surface area contributed by atoms with Crippen LogP contribution in [0.4, 0.5) is 0 Å². The van der Waals surface area contributed by atoms with Gasteiger partial charge in [0.05, 0.1) is 0 Å². The van der Waals surface area contributed by atoms with Crippen molar-refractivity contribution >= 4 is 11.6 Å². The summed E-state index contributed by atoms with van der Waals surface area (Å²) in [4.78, 5) is 0. The van der Waals surface area contributed by atoms with E-state index in [0.717, 1.165) is 23.3 Å². The molecule has 0 saturated carbocycles. The van der Waals surface area contributed by atoms with Crippen LogP contribution in [-0.4, -0.2) is 6.54 Å². The number of rotatable bonds is 5. The van der Waals surface area contributed by atoms with Gasteiger partial charge in [0.25, 0.3) is 0 Å². The van der Waals surface area contributed by atoms with Crippen molar-refractivity contribution in [3.63, 3.8) is 0 Å². The topological polar surface area (TPSA) is 35.2 Å². The molecule has 0 radical (unpaired) electrons. The van der Waals surface area contributed by atoms with Gasteiger partial charge in [0, 0.05) is 5.02 Å². The highest BCUT2D eigenvalue weighted by molar-refractivity contribution is 6.30. The molecular formula is C16H18ClNO. The van der Waals surface area contributed by atoms with Gasteiger partial charge < -0.3 is 10.5 Å². The van der Waals surface area contributed by atoms with Gasteiger partial charge in [-0.2, -0.15) is 0 Å². The molecule has 0 aliphatic heterocycles. The highest BCUT2D eigenvalue weighted by atomic mass is 35.5. The van der Waals surface area contributed by atoms with Gasteiger partial charge in [0.2, 0.25) is 0 Å². The molecule has 0 bridgehead atoms. The molecule has 3 heteroatoms. The lowest BCUT2D eigenvalue weighted by Gasteiger charge is -2.11. The molecule has 0 amide bonds. The predicted octanol–water partition coefficient (Wildman–Crippen LogP) is 3.73. The Morgan fingerprint density at radius 3 is 2.53 bits per heavy atom. The zero-order chi connectivity index (χ0) is 13.7. The maximum absolute atomic E-state index is 5.99. The molecule has 0 aliphatic rings. The van der Waals surface area contributed by atoms with Crippen LogP contribution in [0.15, 0.2) is 42.5 Å². The fourth-order valence-electron chi connectivity index (χ4n) is 1.89. The highest BCUT2D eigenvalue weighted by Crippen LogP contribution is 2.24. The third kappa shape index (κ3) is 3.98. The Balaban J connectivity index is 2.08. The minimum atomic E-state index is 0.555. The van der Waals surface area contributed by atoms with Gasteiger partial charge >= 0.3 is 0 Å². The third-order valence-corrected chi connectivity index (χ3v) is 3.19. The van der Waals surface area contributed by atoms with E-state index in [0.29, 0.717) is 18.2 Å². The van der Waals surface area contributed by atoms with Gasteiger partial charge in [-0.15, -0.1) is 0 Å². The first-order chi connectivity index (χ1) is 9.19. The van der Waals surface area contributed by atoms with E-state index in [1.165, 1.54) is 5.56 Å². The Hall–Kier alpha value is -1.51. The molecule has 19 heavy (non-hydrogen) atoms. The first kappa shape index (κ1) is 13.9. The van der Waals surface area contributed by atoms with Crippen LogP contribution < -0.4 is 10.5 Å². The first-order valence-corrected chi connectivity index (χ1v) is 6.73. The Morgan fingerprint density at radius 1 is 1.11 bits per heavy atom. The summed E-state index contributed by atoms with van der Waals surface area (Å²) in [7, 11) is 0. The van der Waals surface area contributed by atoms with E-state index >= 15 is 0 Å². The molecule has 2 rings (SSSR count). The molecule has 0 atom stereocenters. The van der Waals surface area contributed by atoms with Crippen molar-refractivity contribution in [1.29, 1.82) is 0 Å². The van der Waals surface area contributed by atoms with Crippen molar-refractivity contribution in [3.05, 3.63) is 64.2 Å². The molecule has 0 aromatic heterocycles. The monoisotopic (exact) mass is 275 g/mol. The van der Waals surface area contributed by atoms with E-state index in [2.05, 4.69) is 31.2 Å². The van der Waals surface area contributed by atoms with Crippen molar-refractivity contribution in [3.8, 4) is 5.75 Å². The van der Waals surface area contributed by atoms with E-state index in [9.17, 15) is 0 Å². The number of nitrogens with two attached hydrogens (primary N) is 1. The van der Waals surface area contributed by atoms with Crippen LogP contribution in [0.2, 0.25) is 5.02 Å². The summed E-state index contributed by atoms with van der Waals surface area (Å²) in [5.41, 5.74) is 9.06. The second kappa shape index (κ2) is 6.60. The fourth-order valence-corrected chi connectivity index (χ4v) is 2.08. The smallest absolute Gasteiger partial charge is 0.123 e. The molecule has 0 aliphatic carbocycles. The number of ether oxygens (including phenoxy) is 1. The molecule has 0 heterocycles. The van der Waals surface area contributed by atoms with Crippen LogP contribution in [0, 0.1) is 6.92 Å². The highest BCUT2D eigenvalue weighted by Gasteiger charge is 2.04. The first-order valence-electron chi connectivity index (χ1n) is 6.36. The van der Waals surface area contributed by atoms with Crippen LogP contribution in [-0.2, 0) is 13.0 Å². The lowest BCUT2D eigenvalue weighted by atomic mass is 10.1. The van der Waals surface area contributed by atoms with E-state index < -0.39 is 0 Å². The number of aryl methyl sites for hydroxylation is 1. The summed E-state index contributed by atoms with van der Waals surface area (Å²) >= 11 is 5.99. The quantitative estimate of drug-likeness (QED) is 0.902. The molecule has 2 N–H and O–H groups in total. The van der Waals surface area contributed by atoms with Crippen LogP contribution in [0.5, 0.6) is 5.75 Å². The van der Waals surface area contributed by atoms with Crippen LogP contribution in [0.3, 0.4) is 0 Å². The van der Waals surface area contributed by atoms with E-state index in [1.807, 2.05) is 18.2 Å². The Kier molecular flexibility index (Phi) is 4.83. The van der Waals surface area contributed by atoms with Crippen LogP contribution in [0.1, 0.15) is 16.7 Å². The minimum absolute atomic E-state index is 0.555. The standard InChI is InChI=1S/C16H18ClNO/c1-12-2-4-13(5-3-12)11-19-16-7-6-15(17)10-14(16)8-9-18/h2-7,10H,8-9,11,18H2,1H3. The molecule has 0 spiro atoms. The average molecular weight is 276 g/mol. The Labute approximate surface area is 119 Å². The Bertz CT molecular complexity index is 537. The molecule has 2 aromatic carbocycles. The van der Waals surface area contributed by atoms with Crippen molar-refractivity contribution in [2.45, 2.75) is 20.0 Å². The molecule has 0 unspecified atom stereocenters. The second-order valence-electron chi connectivity index (χ2n) is 4.56. The normalized spacial score (nSPS) is 10.5. The molecule has 100 valence electrons. The largest absolute Gasteiger partial charge is 0.489 e. The zero-order valence-corrected chi connectivity index (χ0v) is 11.8. The SMILES string of the molecule is Cc1ccc(COc2ccc(Cl)cc2CCN)cc1. The zero-order valence-electron chi connectivity index (χ0n) is 11.0. The van der Waals surface area contributed by atoms with Crippen molar-refractivity contribution in [1.82, 2.24) is 0 Å². The summed E-state index contributed by atoms with van der Waals surface area (Å²) in [6.07, 6.45) is 0.768. The maximum Gasteiger partial charge on any atom is 0.123 e. The summed E-state index contributed by atoms with van der Waals surface area (Å²) in [6.45, 7) is 3.21. The summed E-state index contributed by atoms with van der Waals surface area (Å²) in [5, 5.41) is 0.714. The minimum Gasteiger partial charge on any atom is -0.489 e. The third-order valence-electron chi connectivity index (χ3n) is 2.95. The van der Waals surface area contributed by atoms with Gasteiger partial charge in [-0.3, -0.25) is 0 Å². The lowest BCUT2D eigenvalue weighted by Crippen LogP contribution is -2.05. The fraction of sp³-hybridized carbons (Fsp3) is 0.250. The Morgan fingerprint density at radius 2 is 1.84 bits per heavy atom. The van der Waals surface area contributed by atoms with Crippen molar-refractivity contribution in [2.24, 2.45) is 5.73 Å².